The molecule has 1 aromatic heterocycles. The van der Waals surface area contributed by atoms with Crippen LogP contribution in [0.4, 0.5) is 26.4 Å². The zero-order valence-electron chi connectivity index (χ0n) is 21.2. The zero-order valence-corrected chi connectivity index (χ0v) is 22.0. The molecule has 4 aromatic rings. The van der Waals surface area contributed by atoms with E-state index in [0.29, 0.717) is 5.69 Å². The highest BCUT2D eigenvalue weighted by atomic mass is 32.1. The van der Waals surface area contributed by atoms with Gasteiger partial charge in [-0.2, -0.15) is 4.37 Å². The molecule has 2 heterocycles. The van der Waals surface area contributed by atoms with Crippen molar-refractivity contribution in [2.24, 2.45) is 0 Å². The smallest absolute Gasteiger partial charge is 0.326 e. The lowest BCUT2D eigenvalue weighted by atomic mass is 10.1. The summed E-state index contributed by atoms with van der Waals surface area (Å²) in [5, 5.41) is 4.15. The first-order valence-corrected chi connectivity index (χ1v) is 13.5. The molecule has 8 heteroatoms. The Morgan fingerprint density at radius 2 is 1.70 bits per heavy atom. The van der Waals surface area contributed by atoms with E-state index in [1.54, 1.807) is 28.6 Å². The maximum Gasteiger partial charge on any atom is 0.326 e. The maximum atomic E-state index is 13.3. The van der Waals surface area contributed by atoms with Crippen LogP contribution >= 0.6 is 11.5 Å². The number of piperazine rings is 1. The molecule has 1 aliphatic rings. The normalized spacial score (nSPS) is 14.3. The summed E-state index contributed by atoms with van der Waals surface area (Å²) in [4.78, 5) is 19.9. The topological polar surface area (TPSA) is 51.7 Å². The minimum Gasteiger partial charge on any atom is -0.353 e. The minimum absolute atomic E-state index is 0.0434. The summed E-state index contributed by atoms with van der Waals surface area (Å²) in [6, 6.07) is 22.1. The lowest BCUT2D eigenvalue weighted by Crippen LogP contribution is -2.47. The van der Waals surface area contributed by atoms with Gasteiger partial charge in [-0.3, -0.25) is 9.80 Å². The lowest BCUT2D eigenvalue weighted by Gasteiger charge is -2.35. The highest BCUT2D eigenvalue weighted by Crippen LogP contribution is 2.30. The number of fused-ring (bicyclic) bond motifs is 1. The molecule has 5 rings (SSSR count). The van der Waals surface area contributed by atoms with Gasteiger partial charge in [0.2, 0.25) is 0 Å². The third kappa shape index (κ3) is 5.76. The monoisotopic (exact) mass is 517 g/mol. The molecule has 6 nitrogen and oxygen atoms in total. The van der Waals surface area contributed by atoms with Crippen molar-refractivity contribution in [1.82, 2.24) is 9.27 Å². The van der Waals surface area contributed by atoms with Gasteiger partial charge in [0.15, 0.2) is 0 Å². The number of rotatable bonds is 7. The molecule has 0 aliphatic carbocycles. The summed E-state index contributed by atoms with van der Waals surface area (Å²) in [5.74, 6) is 0.773. The van der Waals surface area contributed by atoms with Gasteiger partial charge in [0.05, 0.1) is 4.70 Å². The second-order valence-electron chi connectivity index (χ2n) is 9.61. The molecule has 1 N–H and O–H groups in total. The Bertz CT molecular complexity index is 1350. The van der Waals surface area contributed by atoms with Crippen molar-refractivity contribution in [2.45, 2.75) is 26.3 Å². The van der Waals surface area contributed by atoms with Crippen LogP contribution in [0.5, 0.6) is 0 Å². The van der Waals surface area contributed by atoms with Crippen LogP contribution in [0, 0.1) is 5.82 Å². The number of aromatic nitrogens is 1. The molecule has 37 heavy (non-hydrogen) atoms. The van der Waals surface area contributed by atoms with Crippen molar-refractivity contribution in [3.05, 3.63) is 84.2 Å². The molecule has 3 aromatic carbocycles. The quantitative estimate of drug-likeness (QED) is 0.315. The van der Waals surface area contributed by atoms with Crippen molar-refractivity contribution >= 4 is 44.8 Å². The lowest BCUT2D eigenvalue weighted by molar-refractivity contribution is 0.255. The summed E-state index contributed by atoms with van der Waals surface area (Å²) in [5.41, 5.74) is 2.61. The fourth-order valence-corrected chi connectivity index (χ4v) is 5.65. The fourth-order valence-electron chi connectivity index (χ4n) is 4.86. The summed E-state index contributed by atoms with van der Waals surface area (Å²) in [6.45, 7) is 8.79. The number of carbonyl (C=O) groups excluding carboxylic acids is 1. The Hall–Kier alpha value is -3.49. The molecule has 0 bridgehead atoms. The summed E-state index contributed by atoms with van der Waals surface area (Å²) in [6.07, 6.45) is 0.850. The van der Waals surface area contributed by atoms with Crippen molar-refractivity contribution in [1.29, 1.82) is 0 Å². The van der Waals surface area contributed by atoms with Crippen LogP contribution in [0.25, 0.3) is 10.1 Å². The molecule has 0 unspecified atom stereocenters. The number of hydrogen-bond acceptors (Lipinski definition) is 5. The average molecular weight is 518 g/mol. The number of hydrogen-bond donors (Lipinski definition) is 1. The van der Waals surface area contributed by atoms with E-state index < -0.39 is 0 Å². The van der Waals surface area contributed by atoms with Gasteiger partial charge in [-0.05, 0) is 79.8 Å². The van der Waals surface area contributed by atoms with Gasteiger partial charge in [0, 0.05) is 55.5 Å². The van der Waals surface area contributed by atoms with Crippen molar-refractivity contribution in [3.8, 4) is 0 Å². The Labute approximate surface area is 221 Å². The molecule has 1 fully saturated rings. The summed E-state index contributed by atoms with van der Waals surface area (Å²) in [7, 11) is 0. The van der Waals surface area contributed by atoms with Crippen LogP contribution in [-0.2, 0) is 6.42 Å². The van der Waals surface area contributed by atoms with Gasteiger partial charge in [0.1, 0.15) is 11.6 Å². The first-order chi connectivity index (χ1) is 18.0. The van der Waals surface area contributed by atoms with E-state index in [-0.39, 0.29) is 17.9 Å². The predicted octanol–water partition coefficient (Wildman–Crippen LogP) is 6.25. The van der Waals surface area contributed by atoms with Crippen LogP contribution in [0.15, 0.2) is 72.8 Å². The molecule has 2 amide bonds. The second-order valence-corrected chi connectivity index (χ2v) is 10.4. The molecular weight excluding hydrogens is 485 g/mol. The van der Waals surface area contributed by atoms with E-state index in [1.165, 1.54) is 22.2 Å². The Kier molecular flexibility index (Phi) is 7.67. The number of nitrogens with zero attached hydrogens (tertiary/aromatic N) is 4. The third-order valence-corrected chi connectivity index (χ3v) is 7.63. The average Bonchev–Trinajstić information content (AvgIpc) is 3.34. The van der Waals surface area contributed by atoms with Gasteiger partial charge in [-0.15, -0.1) is 0 Å². The van der Waals surface area contributed by atoms with Gasteiger partial charge in [-0.25, -0.2) is 9.18 Å². The molecular formula is C29H32FN5OS. The maximum absolute atomic E-state index is 13.3. The van der Waals surface area contributed by atoms with Gasteiger partial charge in [-0.1, -0.05) is 30.3 Å². The number of carbonyl (C=O) groups is 1. The van der Waals surface area contributed by atoms with E-state index in [1.807, 2.05) is 32.0 Å². The molecule has 1 aliphatic heterocycles. The van der Waals surface area contributed by atoms with Gasteiger partial charge in [0.25, 0.3) is 0 Å². The van der Waals surface area contributed by atoms with Crippen LogP contribution in [-0.4, -0.2) is 54.1 Å². The highest BCUT2D eigenvalue weighted by molar-refractivity contribution is 7.13. The van der Waals surface area contributed by atoms with Crippen LogP contribution < -0.4 is 15.1 Å². The molecule has 192 valence electrons. The second kappa shape index (κ2) is 11.3. The molecule has 0 spiro atoms. The fraction of sp³-hybridized carbons (Fsp3) is 0.310. The number of urea groups is 1. The molecule has 0 radical (unpaired) electrons. The van der Waals surface area contributed by atoms with E-state index in [4.69, 9.17) is 4.37 Å². The Morgan fingerprint density at radius 1 is 1.00 bits per heavy atom. The molecule has 1 saturated heterocycles. The standard InChI is InChI=1S/C29H32FN5OS/c1-21(2)35(29(36)31-24-13-11-23(30)12-14-24)26-9-5-3-7-22(26)15-16-33-17-19-34(20-18-33)28-25-8-4-6-10-27(25)37-32-28/h3-14,21H,15-20H2,1-2H3,(H,31,36). The largest absolute Gasteiger partial charge is 0.353 e. The minimum atomic E-state index is -0.329. The first kappa shape index (κ1) is 25.2. The van der Waals surface area contributed by atoms with Crippen molar-refractivity contribution in [3.63, 3.8) is 0 Å². The number of para-hydroxylation sites is 1. The van der Waals surface area contributed by atoms with Gasteiger partial charge >= 0.3 is 6.03 Å². The van der Waals surface area contributed by atoms with E-state index in [9.17, 15) is 9.18 Å². The number of amides is 2. The van der Waals surface area contributed by atoms with Crippen LogP contribution in [0.2, 0.25) is 0 Å². The summed E-state index contributed by atoms with van der Waals surface area (Å²) >= 11 is 1.57. The van der Waals surface area contributed by atoms with Crippen molar-refractivity contribution in [2.75, 3.05) is 47.8 Å². The number of anilines is 3. The zero-order chi connectivity index (χ0) is 25.8. The van der Waals surface area contributed by atoms with Crippen LogP contribution in [0.1, 0.15) is 19.4 Å². The van der Waals surface area contributed by atoms with Crippen molar-refractivity contribution < 1.29 is 9.18 Å². The molecule has 0 atom stereocenters. The van der Waals surface area contributed by atoms with E-state index >= 15 is 0 Å². The first-order valence-electron chi connectivity index (χ1n) is 12.7. The Balaban J connectivity index is 1.23. The van der Waals surface area contributed by atoms with E-state index in [0.717, 1.165) is 56.2 Å². The predicted molar refractivity (Wildman–Crippen MR) is 151 cm³/mol. The Morgan fingerprint density at radius 3 is 2.46 bits per heavy atom. The number of nitrogens with one attached hydrogen (secondary N) is 1. The van der Waals surface area contributed by atoms with Gasteiger partial charge < -0.3 is 10.2 Å². The van der Waals surface area contributed by atoms with Crippen LogP contribution in [0.3, 0.4) is 0 Å². The number of halogens is 1. The molecule has 0 saturated carbocycles. The highest BCUT2D eigenvalue weighted by Gasteiger charge is 2.24. The summed E-state index contributed by atoms with van der Waals surface area (Å²) < 4.78 is 19.2. The SMILES string of the molecule is CC(C)N(C(=O)Nc1ccc(F)cc1)c1ccccc1CCN1CCN(c2nsc3ccccc23)CC1. The number of benzene rings is 3. The third-order valence-electron chi connectivity index (χ3n) is 6.81. The van der Waals surface area contributed by atoms with E-state index in [2.05, 4.69) is 45.4 Å².